The number of nitrogens with zero attached hydrogens (tertiary/aromatic N) is 1. The summed E-state index contributed by atoms with van der Waals surface area (Å²) in [4.78, 5) is 30.2. The number of aryl methyl sites for hydroxylation is 1. The maximum absolute atomic E-state index is 14.9. The first-order valence-corrected chi connectivity index (χ1v) is 13.9. The Morgan fingerprint density at radius 3 is 2.48 bits per heavy atom. The van der Waals surface area contributed by atoms with Gasteiger partial charge in [0.2, 0.25) is 5.95 Å². The van der Waals surface area contributed by atoms with Gasteiger partial charge < -0.3 is 15.1 Å². The van der Waals surface area contributed by atoms with E-state index in [9.17, 15) is 18.4 Å². The molecule has 2 aromatic carbocycles. The van der Waals surface area contributed by atoms with Gasteiger partial charge in [-0.3, -0.25) is 9.59 Å². The smallest absolute Gasteiger partial charge is 0.256 e. The van der Waals surface area contributed by atoms with Gasteiger partial charge in [-0.05, 0) is 97.5 Å². The second-order valence-corrected chi connectivity index (χ2v) is 11.0. The standard InChI is InChI=1S/C32H31F2N3O3/c1-3-4-19-14-27-24(28(32(39)35-2)29(40-27)18-6-8-22(33)9-7-18)15-23(19)21-13-25(30(34)36-16-21)31(38)37-26-10-5-17-11-20(26)12-17/h6-9,13-17,20,26H,3-5,10-12H2,1-2H3,(H,35,39)(H,37,38). The molecule has 0 saturated heterocycles. The lowest BCUT2D eigenvalue weighted by molar-refractivity contribution is 0.0615. The molecule has 3 saturated carbocycles. The Balaban J connectivity index is 1.44. The fourth-order valence-corrected chi connectivity index (χ4v) is 6.28. The van der Waals surface area contributed by atoms with Gasteiger partial charge in [-0.15, -0.1) is 0 Å². The molecule has 2 amide bonds. The van der Waals surface area contributed by atoms with Crippen LogP contribution < -0.4 is 10.6 Å². The lowest BCUT2D eigenvalue weighted by atomic mass is 9.63. The molecule has 6 nitrogen and oxygen atoms in total. The Hall–Kier alpha value is -4.07. The number of carbonyl (C=O) groups is 2. The summed E-state index contributed by atoms with van der Waals surface area (Å²) in [5, 5.41) is 6.29. The van der Waals surface area contributed by atoms with E-state index in [-0.39, 0.29) is 17.5 Å². The molecule has 3 aliphatic rings. The number of fused-ring (bicyclic) bond motifs is 3. The first-order chi connectivity index (χ1) is 19.4. The molecule has 2 bridgehead atoms. The van der Waals surface area contributed by atoms with Crippen LogP contribution in [0.2, 0.25) is 0 Å². The summed E-state index contributed by atoms with van der Waals surface area (Å²) in [6, 6.07) is 11.1. The molecule has 2 heterocycles. The van der Waals surface area contributed by atoms with Crippen molar-refractivity contribution in [3.05, 3.63) is 77.1 Å². The molecule has 0 aliphatic heterocycles. The Kier molecular flexibility index (Phi) is 6.86. The van der Waals surface area contributed by atoms with E-state index in [4.69, 9.17) is 4.42 Å². The normalized spacial score (nSPS) is 19.8. The van der Waals surface area contributed by atoms with Crippen molar-refractivity contribution in [1.82, 2.24) is 15.6 Å². The lowest BCUT2D eigenvalue weighted by Crippen LogP contribution is -2.49. The topological polar surface area (TPSA) is 84.2 Å². The minimum Gasteiger partial charge on any atom is -0.455 e. The Morgan fingerprint density at radius 1 is 1.02 bits per heavy atom. The van der Waals surface area contributed by atoms with Crippen LogP contribution >= 0.6 is 0 Å². The van der Waals surface area contributed by atoms with Gasteiger partial charge in [0.1, 0.15) is 17.2 Å². The second-order valence-electron chi connectivity index (χ2n) is 11.0. The number of furan rings is 1. The van der Waals surface area contributed by atoms with Crippen molar-refractivity contribution in [3.8, 4) is 22.5 Å². The summed E-state index contributed by atoms with van der Waals surface area (Å²) in [6.45, 7) is 2.05. The summed E-state index contributed by atoms with van der Waals surface area (Å²) in [6.07, 6.45) is 7.22. The number of benzene rings is 2. The van der Waals surface area contributed by atoms with Crippen LogP contribution in [0, 0.1) is 23.6 Å². The van der Waals surface area contributed by atoms with Gasteiger partial charge in [0.25, 0.3) is 11.8 Å². The number of aromatic nitrogens is 1. The fourth-order valence-electron chi connectivity index (χ4n) is 6.28. The van der Waals surface area contributed by atoms with Crippen LogP contribution in [-0.2, 0) is 6.42 Å². The van der Waals surface area contributed by atoms with E-state index >= 15 is 0 Å². The van der Waals surface area contributed by atoms with Crippen LogP contribution in [-0.4, -0.2) is 29.9 Å². The molecule has 0 radical (unpaired) electrons. The lowest BCUT2D eigenvalue weighted by Gasteiger charge is -2.46. The molecule has 2 aromatic heterocycles. The van der Waals surface area contributed by atoms with E-state index in [0.717, 1.165) is 49.1 Å². The van der Waals surface area contributed by atoms with Crippen molar-refractivity contribution in [3.63, 3.8) is 0 Å². The zero-order valence-electron chi connectivity index (χ0n) is 22.5. The number of nitrogens with one attached hydrogen (secondary N) is 2. The Morgan fingerprint density at radius 2 is 1.80 bits per heavy atom. The second kappa shape index (κ2) is 10.5. The van der Waals surface area contributed by atoms with Crippen LogP contribution in [0.5, 0.6) is 0 Å². The quantitative estimate of drug-likeness (QED) is 0.255. The molecule has 1 atom stereocenters. The molecule has 206 valence electrons. The highest BCUT2D eigenvalue weighted by atomic mass is 19.1. The van der Waals surface area contributed by atoms with E-state index < -0.39 is 17.7 Å². The summed E-state index contributed by atoms with van der Waals surface area (Å²) < 4.78 is 34.7. The van der Waals surface area contributed by atoms with Crippen molar-refractivity contribution < 1.29 is 22.8 Å². The van der Waals surface area contributed by atoms with E-state index in [1.807, 2.05) is 19.1 Å². The van der Waals surface area contributed by atoms with Crippen LogP contribution in [0.4, 0.5) is 8.78 Å². The minimum atomic E-state index is -0.811. The summed E-state index contributed by atoms with van der Waals surface area (Å²) in [5.74, 6) is -0.425. The number of carbonyl (C=O) groups excluding carboxylic acids is 2. The molecular formula is C32H31F2N3O3. The summed E-state index contributed by atoms with van der Waals surface area (Å²) >= 11 is 0. The van der Waals surface area contributed by atoms with Crippen LogP contribution in [0.3, 0.4) is 0 Å². The van der Waals surface area contributed by atoms with Crippen LogP contribution in [0.15, 0.2) is 53.1 Å². The third kappa shape index (κ3) is 4.65. The van der Waals surface area contributed by atoms with Gasteiger partial charge in [-0.1, -0.05) is 13.3 Å². The molecule has 1 unspecified atom stereocenters. The van der Waals surface area contributed by atoms with Crippen molar-refractivity contribution in [2.24, 2.45) is 11.8 Å². The van der Waals surface area contributed by atoms with E-state index in [2.05, 4.69) is 15.6 Å². The van der Waals surface area contributed by atoms with Crippen molar-refractivity contribution >= 4 is 22.8 Å². The van der Waals surface area contributed by atoms with Crippen molar-refractivity contribution in [2.45, 2.75) is 51.5 Å². The predicted molar refractivity (Wildman–Crippen MR) is 149 cm³/mol. The van der Waals surface area contributed by atoms with Gasteiger partial charge in [-0.25, -0.2) is 9.37 Å². The number of rotatable bonds is 7. The molecule has 40 heavy (non-hydrogen) atoms. The van der Waals surface area contributed by atoms with Gasteiger partial charge in [0.15, 0.2) is 0 Å². The highest BCUT2D eigenvalue weighted by molar-refractivity contribution is 6.12. The van der Waals surface area contributed by atoms with Gasteiger partial charge in [0.05, 0.1) is 11.1 Å². The SMILES string of the molecule is CCCc1cc2oc(-c3ccc(F)cc3)c(C(=O)NC)c2cc1-c1cnc(F)c(C(=O)NC2CCC3CC2C3)c1. The maximum atomic E-state index is 14.9. The zero-order valence-corrected chi connectivity index (χ0v) is 22.5. The minimum absolute atomic E-state index is 0.0680. The molecule has 4 aromatic rings. The van der Waals surface area contributed by atoms with Crippen LogP contribution in [0.25, 0.3) is 33.4 Å². The number of hydrogen-bond acceptors (Lipinski definition) is 4. The van der Waals surface area contributed by atoms with Gasteiger partial charge in [0, 0.05) is 35.8 Å². The summed E-state index contributed by atoms with van der Waals surface area (Å²) in [7, 11) is 1.53. The number of pyridine rings is 1. The molecular weight excluding hydrogens is 512 g/mol. The Bertz CT molecular complexity index is 1600. The Labute approximate surface area is 231 Å². The summed E-state index contributed by atoms with van der Waals surface area (Å²) in [5.41, 5.74) is 3.55. The average Bonchev–Trinajstić information content (AvgIpc) is 3.31. The maximum Gasteiger partial charge on any atom is 0.256 e. The first kappa shape index (κ1) is 26.2. The molecule has 3 aliphatic carbocycles. The number of halogens is 2. The molecule has 7 rings (SSSR count). The molecule has 2 N–H and O–H groups in total. The third-order valence-electron chi connectivity index (χ3n) is 8.43. The number of hydrogen-bond donors (Lipinski definition) is 2. The number of amides is 2. The zero-order chi connectivity index (χ0) is 28.0. The van der Waals surface area contributed by atoms with E-state index in [1.165, 1.54) is 25.4 Å². The largest absolute Gasteiger partial charge is 0.455 e. The van der Waals surface area contributed by atoms with Crippen molar-refractivity contribution in [2.75, 3.05) is 7.05 Å². The van der Waals surface area contributed by atoms with Crippen molar-refractivity contribution in [1.29, 1.82) is 0 Å². The highest BCUT2D eigenvalue weighted by Crippen LogP contribution is 2.45. The fraction of sp³-hybridized carbons (Fsp3) is 0.344. The molecule has 0 spiro atoms. The van der Waals surface area contributed by atoms with Crippen LogP contribution in [0.1, 0.15) is 65.3 Å². The first-order valence-electron chi connectivity index (χ1n) is 13.9. The predicted octanol–water partition coefficient (Wildman–Crippen LogP) is 6.67. The molecule has 8 heteroatoms. The average molecular weight is 544 g/mol. The van der Waals surface area contributed by atoms with E-state index in [1.54, 1.807) is 18.2 Å². The monoisotopic (exact) mass is 543 g/mol. The molecule has 3 fully saturated rings. The third-order valence-corrected chi connectivity index (χ3v) is 8.43. The van der Waals surface area contributed by atoms with Gasteiger partial charge >= 0.3 is 0 Å². The van der Waals surface area contributed by atoms with E-state index in [0.29, 0.717) is 45.8 Å². The van der Waals surface area contributed by atoms with Gasteiger partial charge in [-0.2, -0.15) is 4.39 Å². The highest BCUT2D eigenvalue weighted by Gasteiger charge is 2.40.